The summed E-state index contributed by atoms with van der Waals surface area (Å²) in [6.07, 6.45) is 6.90. The fourth-order valence-corrected chi connectivity index (χ4v) is 2.98. The van der Waals surface area contributed by atoms with Crippen LogP contribution in [0.1, 0.15) is 45.4 Å². The molecule has 92 valence electrons. The second-order valence-electron chi connectivity index (χ2n) is 5.62. The minimum Gasteiger partial charge on any atom is -0.342 e. The lowest BCUT2D eigenvalue weighted by atomic mass is 9.94. The van der Waals surface area contributed by atoms with Crippen LogP contribution in [-0.4, -0.2) is 29.9 Å². The van der Waals surface area contributed by atoms with Gasteiger partial charge in [0.2, 0.25) is 5.91 Å². The Morgan fingerprint density at radius 3 is 2.62 bits per heavy atom. The van der Waals surface area contributed by atoms with E-state index in [1.165, 1.54) is 25.7 Å². The van der Waals surface area contributed by atoms with Crippen LogP contribution in [0.4, 0.5) is 0 Å². The van der Waals surface area contributed by atoms with Gasteiger partial charge in [-0.1, -0.05) is 19.8 Å². The molecule has 0 aromatic heterocycles. The number of carbonyl (C=O) groups is 1. The molecule has 0 spiro atoms. The van der Waals surface area contributed by atoms with Crippen LogP contribution in [0.5, 0.6) is 0 Å². The lowest BCUT2D eigenvalue weighted by molar-refractivity contribution is -0.134. The fraction of sp³-hybridized carbons (Fsp3) is 0.923. The van der Waals surface area contributed by atoms with Gasteiger partial charge in [-0.25, -0.2) is 0 Å². The molecular formula is C13H24N2O. The van der Waals surface area contributed by atoms with Crippen molar-refractivity contribution in [2.45, 2.75) is 51.5 Å². The van der Waals surface area contributed by atoms with E-state index in [9.17, 15) is 4.79 Å². The van der Waals surface area contributed by atoms with E-state index < -0.39 is 0 Å². The molecule has 2 atom stereocenters. The van der Waals surface area contributed by atoms with Crippen molar-refractivity contribution in [3.05, 3.63) is 0 Å². The van der Waals surface area contributed by atoms with Crippen molar-refractivity contribution in [2.24, 2.45) is 17.6 Å². The van der Waals surface area contributed by atoms with Crippen molar-refractivity contribution in [1.82, 2.24) is 4.90 Å². The number of carbonyl (C=O) groups excluding carboxylic acids is 1. The molecule has 2 fully saturated rings. The molecule has 1 aliphatic heterocycles. The molecule has 1 aliphatic carbocycles. The molecule has 3 heteroatoms. The molecule has 2 N–H and O–H groups in total. The number of piperidine rings is 1. The summed E-state index contributed by atoms with van der Waals surface area (Å²) in [4.78, 5) is 14.1. The number of amides is 1. The Hall–Kier alpha value is -0.570. The van der Waals surface area contributed by atoms with Crippen LogP contribution in [0.2, 0.25) is 0 Å². The molecule has 3 nitrogen and oxygen atoms in total. The Morgan fingerprint density at radius 1 is 1.31 bits per heavy atom. The molecule has 1 amide bonds. The van der Waals surface area contributed by atoms with Crippen LogP contribution in [0.15, 0.2) is 0 Å². The van der Waals surface area contributed by atoms with Gasteiger partial charge in [0, 0.05) is 25.6 Å². The molecule has 0 aromatic rings. The van der Waals surface area contributed by atoms with Gasteiger partial charge in [-0.15, -0.1) is 0 Å². The van der Waals surface area contributed by atoms with Crippen LogP contribution < -0.4 is 5.73 Å². The lowest BCUT2D eigenvalue weighted by Gasteiger charge is -2.35. The Labute approximate surface area is 98.4 Å². The zero-order valence-electron chi connectivity index (χ0n) is 10.3. The highest BCUT2D eigenvalue weighted by Gasteiger charge is 2.28. The van der Waals surface area contributed by atoms with Crippen LogP contribution in [0.25, 0.3) is 0 Å². The maximum Gasteiger partial charge on any atom is 0.222 e. The van der Waals surface area contributed by atoms with Gasteiger partial charge in [0.25, 0.3) is 0 Å². The summed E-state index contributed by atoms with van der Waals surface area (Å²) in [6.45, 7) is 3.89. The van der Waals surface area contributed by atoms with Crippen LogP contribution in [0, 0.1) is 11.8 Å². The average Bonchev–Trinajstić information content (AvgIpc) is 2.74. The summed E-state index contributed by atoms with van der Waals surface area (Å²) in [5.41, 5.74) is 5.97. The van der Waals surface area contributed by atoms with Crippen molar-refractivity contribution in [3.63, 3.8) is 0 Å². The highest BCUT2D eigenvalue weighted by molar-refractivity contribution is 5.76. The van der Waals surface area contributed by atoms with Gasteiger partial charge < -0.3 is 10.6 Å². The van der Waals surface area contributed by atoms with Crippen molar-refractivity contribution in [3.8, 4) is 0 Å². The number of hydrogen-bond acceptors (Lipinski definition) is 2. The third-order valence-electron chi connectivity index (χ3n) is 4.26. The van der Waals surface area contributed by atoms with Gasteiger partial charge >= 0.3 is 0 Å². The number of nitrogens with two attached hydrogens (primary N) is 1. The third-order valence-corrected chi connectivity index (χ3v) is 4.26. The molecule has 0 bridgehead atoms. The molecule has 2 rings (SSSR count). The predicted molar refractivity (Wildman–Crippen MR) is 64.9 cm³/mol. The first kappa shape index (κ1) is 11.9. The maximum absolute atomic E-state index is 12.1. The molecule has 2 aliphatic rings. The first-order valence-corrected chi connectivity index (χ1v) is 6.70. The Bertz CT molecular complexity index is 248. The Morgan fingerprint density at radius 2 is 2.00 bits per heavy atom. The van der Waals surface area contributed by atoms with Gasteiger partial charge in [0.05, 0.1) is 0 Å². The fourth-order valence-electron chi connectivity index (χ4n) is 2.98. The molecule has 1 heterocycles. The monoisotopic (exact) mass is 224 g/mol. The van der Waals surface area contributed by atoms with E-state index in [1.807, 2.05) is 4.90 Å². The summed E-state index contributed by atoms with van der Waals surface area (Å²) in [5.74, 6) is 1.49. The number of likely N-dealkylation sites (tertiary alicyclic amines) is 1. The smallest absolute Gasteiger partial charge is 0.222 e. The summed E-state index contributed by atoms with van der Waals surface area (Å²) >= 11 is 0. The van der Waals surface area contributed by atoms with E-state index in [4.69, 9.17) is 5.73 Å². The third kappa shape index (κ3) is 2.76. The summed E-state index contributed by atoms with van der Waals surface area (Å²) in [6, 6.07) is 0.288. The quantitative estimate of drug-likeness (QED) is 0.777. The molecular weight excluding hydrogens is 200 g/mol. The standard InChI is InChI=1S/C13H24N2O/c1-10-9-15(7-6-12(10)14)13(16)8-11-4-2-3-5-11/h10-12H,2-9,14H2,1H3. The van der Waals surface area contributed by atoms with E-state index in [0.29, 0.717) is 17.7 Å². The minimum absolute atomic E-state index is 0.288. The van der Waals surface area contributed by atoms with E-state index in [-0.39, 0.29) is 6.04 Å². The molecule has 16 heavy (non-hydrogen) atoms. The van der Waals surface area contributed by atoms with E-state index >= 15 is 0 Å². The van der Waals surface area contributed by atoms with Gasteiger partial charge in [-0.3, -0.25) is 4.79 Å². The van der Waals surface area contributed by atoms with E-state index in [0.717, 1.165) is 25.9 Å². The largest absolute Gasteiger partial charge is 0.342 e. The van der Waals surface area contributed by atoms with Crippen molar-refractivity contribution >= 4 is 5.91 Å². The molecule has 1 saturated heterocycles. The predicted octanol–water partition coefficient (Wildman–Crippen LogP) is 1.76. The van der Waals surface area contributed by atoms with Gasteiger partial charge in [0.1, 0.15) is 0 Å². The van der Waals surface area contributed by atoms with E-state index in [1.54, 1.807) is 0 Å². The first-order valence-electron chi connectivity index (χ1n) is 6.70. The molecule has 2 unspecified atom stereocenters. The lowest BCUT2D eigenvalue weighted by Crippen LogP contribution is -2.48. The van der Waals surface area contributed by atoms with Crippen molar-refractivity contribution in [2.75, 3.05) is 13.1 Å². The normalized spacial score (nSPS) is 32.0. The number of nitrogens with zero attached hydrogens (tertiary/aromatic N) is 1. The second-order valence-corrected chi connectivity index (χ2v) is 5.62. The number of rotatable bonds is 2. The van der Waals surface area contributed by atoms with Gasteiger partial charge in [-0.2, -0.15) is 0 Å². The zero-order valence-corrected chi connectivity index (χ0v) is 10.3. The Balaban J connectivity index is 1.80. The van der Waals surface area contributed by atoms with Crippen molar-refractivity contribution < 1.29 is 4.79 Å². The van der Waals surface area contributed by atoms with Crippen molar-refractivity contribution in [1.29, 1.82) is 0 Å². The topological polar surface area (TPSA) is 46.3 Å². The number of hydrogen-bond donors (Lipinski definition) is 1. The molecule has 1 saturated carbocycles. The van der Waals surface area contributed by atoms with Crippen LogP contribution in [0.3, 0.4) is 0 Å². The summed E-state index contributed by atoms with van der Waals surface area (Å²) in [7, 11) is 0. The Kier molecular flexibility index (Phi) is 3.85. The summed E-state index contributed by atoms with van der Waals surface area (Å²) < 4.78 is 0. The van der Waals surface area contributed by atoms with Gasteiger partial charge in [-0.05, 0) is 31.1 Å². The highest BCUT2D eigenvalue weighted by Crippen LogP contribution is 2.28. The SMILES string of the molecule is CC1CN(C(=O)CC2CCCC2)CCC1N. The van der Waals surface area contributed by atoms with Crippen LogP contribution in [-0.2, 0) is 4.79 Å². The van der Waals surface area contributed by atoms with Crippen LogP contribution >= 0.6 is 0 Å². The van der Waals surface area contributed by atoms with E-state index in [2.05, 4.69) is 6.92 Å². The molecule has 0 radical (unpaired) electrons. The zero-order chi connectivity index (χ0) is 11.5. The maximum atomic E-state index is 12.1. The first-order chi connectivity index (χ1) is 7.66. The van der Waals surface area contributed by atoms with Gasteiger partial charge in [0.15, 0.2) is 0 Å². The average molecular weight is 224 g/mol. The second kappa shape index (κ2) is 5.17. The summed E-state index contributed by atoms with van der Waals surface area (Å²) in [5, 5.41) is 0. The minimum atomic E-state index is 0.288. The highest BCUT2D eigenvalue weighted by atomic mass is 16.2. The molecule has 0 aromatic carbocycles.